The van der Waals surface area contributed by atoms with Crippen LogP contribution in [0.2, 0.25) is 0 Å². The first-order valence-electron chi connectivity index (χ1n) is 10.3. The Kier molecular flexibility index (Phi) is 17.9. The van der Waals surface area contributed by atoms with Crippen LogP contribution in [0.1, 0.15) is 110 Å². The third kappa shape index (κ3) is 17.5. The fourth-order valence-corrected chi connectivity index (χ4v) is 2.91. The highest BCUT2D eigenvalue weighted by Crippen LogP contribution is 2.11. The van der Waals surface area contributed by atoms with Gasteiger partial charge in [-0.3, -0.25) is 4.79 Å². The van der Waals surface area contributed by atoms with Gasteiger partial charge in [0.25, 0.3) is 0 Å². The van der Waals surface area contributed by atoms with Gasteiger partial charge in [0.1, 0.15) is 6.04 Å². The number of carboxylic acids is 1. The molecule has 0 aromatic rings. The van der Waals surface area contributed by atoms with Gasteiger partial charge in [-0.25, -0.2) is 0 Å². The van der Waals surface area contributed by atoms with Crippen LogP contribution < -0.4 is 5.73 Å². The minimum atomic E-state index is -0.875. The second-order valence-corrected chi connectivity index (χ2v) is 7.02. The molecular weight excluding hydrogens is 298 g/mol. The van der Waals surface area contributed by atoms with Crippen LogP contribution in [-0.4, -0.2) is 17.1 Å². The molecule has 24 heavy (non-hydrogen) atoms. The number of carbonyl (C=O) groups is 1. The second-order valence-electron chi connectivity index (χ2n) is 7.02. The number of carboxylic acid groups (broad SMARTS) is 1. The van der Waals surface area contributed by atoms with Crippen molar-refractivity contribution in [1.82, 2.24) is 0 Å². The molecular formula is C21H41NO2. The fourth-order valence-electron chi connectivity index (χ4n) is 2.91. The normalized spacial score (nSPS) is 12.8. The van der Waals surface area contributed by atoms with Gasteiger partial charge >= 0.3 is 5.97 Å². The second kappa shape index (κ2) is 18.5. The van der Waals surface area contributed by atoms with Gasteiger partial charge in [-0.1, -0.05) is 89.7 Å². The molecule has 3 N–H and O–H groups in total. The number of hydrogen-bond donors (Lipinski definition) is 2. The molecule has 142 valence electrons. The Labute approximate surface area is 150 Å². The lowest BCUT2D eigenvalue weighted by atomic mass is 10.0. The SMILES string of the molecule is CCCCCCCC/C=C\CCCCCCCCCC(N)C(=O)O. The summed E-state index contributed by atoms with van der Waals surface area (Å²) < 4.78 is 0. The lowest BCUT2D eigenvalue weighted by Crippen LogP contribution is -2.29. The van der Waals surface area contributed by atoms with E-state index in [2.05, 4.69) is 19.1 Å². The number of rotatable bonds is 18. The van der Waals surface area contributed by atoms with Crippen molar-refractivity contribution >= 4 is 5.97 Å². The van der Waals surface area contributed by atoms with Crippen molar-refractivity contribution < 1.29 is 9.90 Å². The minimum Gasteiger partial charge on any atom is -0.480 e. The van der Waals surface area contributed by atoms with E-state index in [4.69, 9.17) is 10.8 Å². The molecule has 0 spiro atoms. The average Bonchev–Trinajstić information content (AvgIpc) is 2.57. The predicted molar refractivity (Wildman–Crippen MR) is 104 cm³/mol. The van der Waals surface area contributed by atoms with Gasteiger partial charge in [0.05, 0.1) is 0 Å². The molecule has 3 nitrogen and oxygen atoms in total. The van der Waals surface area contributed by atoms with Crippen LogP contribution in [0, 0.1) is 0 Å². The van der Waals surface area contributed by atoms with Crippen LogP contribution in [0.25, 0.3) is 0 Å². The van der Waals surface area contributed by atoms with Crippen LogP contribution in [0.15, 0.2) is 12.2 Å². The van der Waals surface area contributed by atoms with Crippen molar-refractivity contribution in [3.8, 4) is 0 Å². The molecule has 0 aliphatic carbocycles. The third-order valence-corrected chi connectivity index (χ3v) is 4.59. The van der Waals surface area contributed by atoms with Gasteiger partial charge in [0.15, 0.2) is 0 Å². The molecule has 0 rings (SSSR count). The molecule has 0 bridgehead atoms. The van der Waals surface area contributed by atoms with E-state index in [-0.39, 0.29) is 0 Å². The van der Waals surface area contributed by atoms with E-state index < -0.39 is 12.0 Å². The zero-order chi connectivity index (χ0) is 17.9. The summed E-state index contributed by atoms with van der Waals surface area (Å²) in [5, 5.41) is 8.69. The maximum atomic E-state index is 10.6. The summed E-state index contributed by atoms with van der Waals surface area (Å²) in [6.07, 6.45) is 24.5. The number of nitrogens with two attached hydrogens (primary N) is 1. The van der Waals surface area contributed by atoms with Crippen LogP contribution in [-0.2, 0) is 4.79 Å². The number of allylic oxidation sites excluding steroid dienone is 2. The summed E-state index contributed by atoms with van der Waals surface area (Å²) in [6.45, 7) is 2.26. The first kappa shape index (κ1) is 23.2. The molecule has 0 amide bonds. The molecule has 0 aliphatic rings. The van der Waals surface area contributed by atoms with E-state index in [1.807, 2.05) is 0 Å². The Morgan fingerprint density at radius 3 is 1.67 bits per heavy atom. The molecule has 1 atom stereocenters. The topological polar surface area (TPSA) is 63.3 Å². The van der Waals surface area contributed by atoms with Crippen molar-refractivity contribution in [3.63, 3.8) is 0 Å². The fraction of sp³-hybridized carbons (Fsp3) is 0.857. The van der Waals surface area contributed by atoms with Gasteiger partial charge < -0.3 is 10.8 Å². The zero-order valence-corrected chi connectivity index (χ0v) is 16.0. The van der Waals surface area contributed by atoms with E-state index in [1.54, 1.807) is 0 Å². The molecule has 0 saturated heterocycles. The number of aliphatic carboxylic acids is 1. The third-order valence-electron chi connectivity index (χ3n) is 4.59. The van der Waals surface area contributed by atoms with Crippen molar-refractivity contribution in [2.24, 2.45) is 5.73 Å². The average molecular weight is 340 g/mol. The standard InChI is InChI=1S/C21H41NO2/c1-2-3-4-5-6-7-8-9-10-11-12-13-14-15-16-17-18-19-20(22)21(23)24/h9-10,20H,2-8,11-19,22H2,1H3,(H,23,24)/b10-9-. The molecule has 0 aliphatic heterocycles. The lowest BCUT2D eigenvalue weighted by Gasteiger charge is -2.05. The Morgan fingerprint density at radius 2 is 1.21 bits per heavy atom. The molecule has 0 fully saturated rings. The summed E-state index contributed by atoms with van der Waals surface area (Å²) in [4.78, 5) is 10.6. The van der Waals surface area contributed by atoms with Gasteiger partial charge in [-0.05, 0) is 32.1 Å². The smallest absolute Gasteiger partial charge is 0.320 e. The van der Waals surface area contributed by atoms with Gasteiger partial charge in [-0.2, -0.15) is 0 Å². The van der Waals surface area contributed by atoms with E-state index in [1.165, 1.54) is 83.5 Å². The number of unbranched alkanes of at least 4 members (excludes halogenated alkanes) is 13. The Morgan fingerprint density at radius 1 is 0.792 bits per heavy atom. The Balaban J connectivity index is 3.14. The van der Waals surface area contributed by atoms with Crippen molar-refractivity contribution in [3.05, 3.63) is 12.2 Å². The quantitative estimate of drug-likeness (QED) is 0.230. The predicted octanol–water partition coefficient (Wildman–Crippen LogP) is 6.22. The first-order chi connectivity index (χ1) is 11.7. The van der Waals surface area contributed by atoms with Gasteiger partial charge in [-0.15, -0.1) is 0 Å². The largest absolute Gasteiger partial charge is 0.480 e. The number of hydrogen-bond acceptors (Lipinski definition) is 2. The van der Waals surface area contributed by atoms with Crippen LogP contribution in [0.4, 0.5) is 0 Å². The highest BCUT2D eigenvalue weighted by Gasteiger charge is 2.09. The molecule has 0 aromatic carbocycles. The van der Waals surface area contributed by atoms with Crippen molar-refractivity contribution in [1.29, 1.82) is 0 Å². The molecule has 3 heteroatoms. The highest BCUT2D eigenvalue weighted by molar-refractivity contribution is 5.72. The maximum absolute atomic E-state index is 10.6. The van der Waals surface area contributed by atoms with Gasteiger partial charge in [0, 0.05) is 0 Å². The maximum Gasteiger partial charge on any atom is 0.320 e. The van der Waals surface area contributed by atoms with E-state index in [0.717, 1.165) is 12.8 Å². The molecule has 0 heterocycles. The van der Waals surface area contributed by atoms with Crippen LogP contribution in [0.5, 0.6) is 0 Å². The Hall–Kier alpha value is -0.830. The summed E-state index contributed by atoms with van der Waals surface area (Å²) in [6, 6.07) is -0.673. The summed E-state index contributed by atoms with van der Waals surface area (Å²) >= 11 is 0. The van der Waals surface area contributed by atoms with E-state index in [0.29, 0.717) is 6.42 Å². The minimum absolute atomic E-state index is 0.610. The van der Waals surface area contributed by atoms with E-state index in [9.17, 15) is 4.79 Å². The van der Waals surface area contributed by atoms with Crippen LogP contribution >= 0.6 is 0 Å². The molecule has 1 unspecified atom stereocenters. The van der Waals surface area contributed by atoms with Crippen molar-refractivity contribution in [2.45, 2.75) is 116 Å². The van der Waals surface area contributed by atoms with Gasteiger partial charge in [0.2, 0.25) is 0 Å². The first-order valence-corrected chi connectivity index (χ1v) is 10.3. The summed E-state index contributed by atoms with van der Waals surface area (Å²) in [5.41, 5.74) is 5.48. The molecule has 0 saturated carbocycles. The highest BCUT2D eigenvalue weighted by atomic mass is 16.4. The van der Waals surface area contributed by atoms with Crippen molar-refractivity contribution in [2.75, 3.05) is 0 Å². The molecule has 0 aromatic heterocycles. The molecule has 0 radical (unpaired) electrons. The lowest BCUT2D eigenvalue weighted by molar-refractivity contribution is -0.138. The van der Waals surface area contributed by atoms with E-state index >= 15 is 0 Å². The summed E-state index contributed by atoms with van der Waals surface area (Å²) in [5.74, 6) is -0.875. The summed E-state index contributed by atoms with van der Waals surface area (Å²) in [7, 11) is 0. The zero-order valence-electron chi connectivity index (χ0n) is 16.0. The Bertz CT molecular complexity index is 302. The van der Waals surface area contributed by atoms with Crippen LogP contribution in [0.3, 0.4) is 0 Å². The monoisotopic (exact) mass is 339 g/mol.